The SMILES string of the molecule is CC(CS)CCC1(c2ccc(F)cc2Cl)CCCCC1. The Morgan fingerprint density at radius 2 is 2.00 bits per heavy atom. The summed E-state index contributed by atoms with van der Waals surface area (Å²) in [4.78, 5) is 0. The number of rotatable bonds is 5. The highest BCUT2D eigenvalue weighted by atomic mass is 35.5. The second kappa shape index (κ2) is 7.17. The number of halogens is 2. The smallest absolute Gasteiger partial charge is 0.124 e. The van der Waals surface area contributed by atoms with E-state index in [1.54, 1.807) is 6.07 Å². The summed E-state index contributed by atoms with van der Waals surface area (Å²) in [5.74, 6) is 1.30. The molecule has 0 nitrogen and oxygen atoms in total. The molecule has 0 bridgehead atoms. The van der Waals surface area contributed by atoms with E-state index in [4.69, 9.17) is 11.6 Å². The van der Waals surface area contributed by atoms with Crippen molar-refractivity contribution in [1.29, 1.82) is 0 Å². The Hall–Kier alpha value is -0.210. The lowest BCUT2D eigenvalue weighted by molar-refractivity contribution is 0.257. The molecule has 3 heteroatoms. The van der Waals surface area contributed by atoms with Gasteiger partial charge in [0.1, 0.15) is 5.82 Å². The van der Waals surface area contributed by atoms with Gasteiger partial charge in [-0.1, -0.05) is 43.9 Å². The Bertz CT molecular complexity index is 441. The predicted octanol–water partition coefficient (Wildman–Crippen LogP) is 6.03. The third-order valence-corrected chi connectivity index (χ3v) is 5.68. The summed E-state index contributed by atoms with van der Waals surface area (Å²) in [5, 5.41) is 0.602. The molecule has 0 spiro atoms. The minimum absolute atomic E-state index is 0.153. The van der Waals surface area contributed by atoms with Crippen LogP contribution in [0.15, 0.2) is 18.2 Å². The van der Waals surface area contributed by atoms with Crippen LogP contribution in [-0.2, 0) is 5.41 Å². The Morgan fingerprint density at radius 3 is 2.60 bits per heavy atom. The van der Waals surface area contributed by atoms with Crippen LogP contribution >= 0.6 is 24.2 Å². The van der Waals surface area contributed by atoms with Gasteiger partial charge in [0.05, 0.1) is 0 Å². The Kier molecular flexibility index (Phi) is 5.80. The predicted molar refractivity (Wildman–Crippen MR) is 88.4 cm³/mol. The van der Waals surface area contributed by atoms with Crippen molar-refractivity contribution in [2.45, 2.75) is 57.3 Å². The van der Waals surface area contributed by atoms with Gasteiger partial charge in [-0.15, -0.1) is 0 Å². The second-order valence-corrected chi connectivity index (χ2v) is 7.06. The highest BCUT2D eigenvalue weighted by Gasteiger charge is 2.35. The molecule has 1 unspecified atom stereocenters. The standard InChI is InChI=1S/C17H24ClFS/c1-13(12-20)7-10-17(8-3-2-4-9-17)15-6-5-14(19)11-16(15)18/h5-6,11,13,20H,2-4,7-10,12H2,1H3. The molecule has 0 radical (unpaired) electrons. The van der Waals surface area contributed by atoms with Gasteiger partial charge >= 0.3 is 0 Å². The van der Waals surface area contributed by atoms with Crippen molar-refractivity contribution in [1.82, 2.24) is 0 Å². The highest BCUT2D eigenvalue weighted by molar-refractivity contribution is 7.80. The number of thiol groups is 1. The molecule has 1 fully saturated rings. The van der Waals surface area contributed by atoms with Crippen LogP contribution < -0.4 is 0 Å². The molecule has 2 rings (SSSR count). The second-order valence-electron chi connectivity index (χ2n) is 6.29. The maximum atomic E-state index is 13.3. The van der Waals surface area contributed by atoms with Crippen LogP contribution in [0.25, 0.3) is 0 Å². The average molecular weight is 315 g/mol. The van der Waals surface area contributed by atoms with Crippen molar-refractivity contribution in [3.8, 4) is 0 Å². The van der Waals surface area contributed by atoms with Gasteiger partial charge < -0.3 is 0 Å². The Morgan fingerprint density at radius 1 is 1.30 bits per heavy atom. The number of hydrogen-bond donors (Lipinski definition) is 1. The maximum Gasteiger partial charge on any atom is 0.124 e. The summed E-state index contributed by atoms with van der Waals surface area (Å²) < 4.78 is 13.3. The summed E-state index contributed by atoms with van der Waals surface area (Å²) in [5.41, 5.74) is 1.31. The lowest BCUT2D eigenvalue weighted by Gasteiger charge is -2.39. The van der Waals surface area contributed by atoms with Gasteiger partial charge in [-0.25, -0.2) is 4.39 Å². The molecular formula is C17H24ClFS. The molecule has 112 valence electrons. The largest absolute Gasteiger partial charge is 0.207 e. The summed E-state index contributed by atoms with van der Waals surface area (Å²) in [7, 11) is 0. The quantitative estimate of drug-likeness (QED) is 0.630. The van der Waals surface area contributed by atoms with Gasteiger partial charge in [0.25, 0.3) is 0 Å². The maximum absolute atomic E-state index is 13.3. The minimum atomic E-state index is -0.242. The minimum Gasteiger partial charge on any atom is -0.207 e. The highest BCUT2D eigenvalue weighted by Crippen LogP contribution is 2.46. The summed E-state index contributed by atoms with van der Waals surface area (Å²) >= 11 is 10.7. The topological polar surface area (TPSA) is 0 Å². The first-order valence-corrected chi connectivity index (χ1v) is 8.65. The molecule has 1 aliphatic rings. The van der Waals surface area contributed by atoms with Crippen molar-refractivity contribution in [3.63, 3.8) is 0 Å². The summed E-state index contributed by atoms with van der Waals surface area (Å²) in [6.45, 7) is 2.25. The summed E-state index contributed by atoms with van der Waals surface area (Å²) in [6, 6.07) is 4.93. The van der Waals surface area contributed by atoms with E-state index in [0.29, 0.717) is 10.9 Å². The van der Waals surface area contributed by atoms with E-state index < -0.39 is 0 Å². The van der Waals surface area contributed by atoms with Gasteiger partial charge in [0, 0.05) is 5.02 Å². The van der Waals surface area contributed by atoms with Crippen LogP contribution in [0.1, 0.15) is 57.4 Å². The molecule has 1 atom stereocenters. The van der Waals surface area contributed by atoms with Crippen molar-refractivity contribution >= 4 is 24.2 Å². The molecule has 0 N–H and O–H groups in total. The zero-order chi connectivity index (χ0) is 14.6. The fourth-order valence-electron chi connectivity index (χ4n) is 3.42. The zero-order valence-electron chi connectivity index (χ0n) is 12.2. The normalized spacial score (nSPS) is 19.8. The molecule has 0 amide bonds. The van der Waals surface area contributed by atoms with Gasteiger partial charge in [-0.3, -0.25) is 0 Å². The lowest BCUT2D eigenvalue weighted by Crippen LogP contribution is -2.30. The Labute approximate surface area is 132 Å². The van der Waals surface area contributed by atoms with Crippen LogP contribution in [0, 0.1) is 11.7 Å². The molecule has 20 heavy (non-hydrogen) atoms. The monoisotopic (exact) mass is 314 g/mol. The molecule has 1 aliphatic carbocycles. The fourth-order valence-corrected chi connectivity index (χ4v) is 3.97. The van der Waals surface area contributed by atoms with E-state index in [1.807, 2.05) is 6.07 Å². The number of hydrogen-bond acceptors (Lipinski definition) is 1. The summed E-state index contributed by atoms with van der Waals surface area (Å²) in [6.07, 6.45) is 8.47. The van der Waals surface area contributed by atoms with E-state index in [0.717, 1.165) is 24.2 Å². The first-order chi connectivity index (χ1) is 9.57. The van der Waals surface area contributed by atoms with Gasteiger partial charge in [-0.2, -0.15) is 12.6 Å². The molecule has 0 saturated heterocycles. The molecular weight excluding hydrogens is 291 g/mol. The van der Waals surface area contributed by atoms with E-state index in [2.05, 4.69) is 19.6 Å². The molecule has 0 aromatic heterocycles. The van der Waals surface area contributed by atoms with Crippen LogP contribution in [0.4, 0.5) is 4.39 Å². The van der Waals surface area contributed by atoms with Crippen molar-refractivity contribution in [3.05, 3.63) is 34.6 Å². The van der Waals surface area contributed by atoms with E-state index >= 15 is 0 Å². The van der Waals surface area contributed by atoms with Gasteiger partial charge in [0.2, 0.25) is 0 Å². The number of benzene rings is 1. The molecule has 1 aromatic rings. The first-order valence-electron chi connectivity index (χ1n) is 7.64. The fraction of sp³-hybridized carbons (Fsp3) is 0.647. The first kappa shape index (κ1) is 16.2. The van der Waals surface area contributed by atoms with E-state index in [9.17, 15) is 4.39 Å². The lowest BCUT2D eigenvalue weighted by atomic mass is 9.66. The third kappa shape index (κ3) is 3.71. The van der Waals surface area contributed by atoms with Crippen LogP contribution in [-0.4, -0.2) is 5.75 Å². The molecule has 0 heterocycles. The molecule has 0 aliphatic heterocycles. The van der Waals surface area contributed by atoms with Crippen molar-refractivity contribution < 1.29 is 4.39 Å². The molecule has 1 saturated carbocycles. The van der Waals surface area contributed by atoms with Crippen molar-refractivity contribution in [2.24, 2.45) is 5.92 Å². The van der Waals surface area contributed by atoms with Crippen LogP contribution in [0.3, 0.4) is 0 Å². The van der Waals surface area contributed by atoms with E-state index in [1.165, 1.54) is 38.2 Å². The third-order valence-electron chi connectivity index (χ3n) is 4.74. The van der Waals surface area contributed by atoms with Crippen molar-refractivity contribution in [2.75, 3.05) is 5.75 Å². The van der Waals surface area contributed by atoms with Crippen LogP contribution in [0.5, 0.6) is 0 Å². The molecule has 1 aromatic carbocycles. The van der Waals surface area contributed by atoms with Gasteiger partial charge in [-0.05, 0) is 60.5 Å². The van der Waals surface area contributed by atoms with E-state index in [-0.39, 0.29) is 11.2 Å². The van der Waals surface area contributed by atoms with Gasteiger partial charge in [0.15, 0.2) is 0 Å². The average Bonchev–Trinajstić information content (AvgIpc) is 2.45. The zero-order valence-corrected chi connectivity index (χ0v) is 13.8. The Balaban J connectivity index is 2.26. The van der Waals surface area contributed by atoms with Crippen LogP contribution in [0.2, 0.25) is 5.02 Å².